The third-order valence-corrected chi connectivity index (χ3v) is 5.47. The molecule has 0 aliphatic carbocycles. The monoisotopic (exact) mass is 372 g/mol. The fourth-order valence-corrected chi connectivity index (χ4v) is 3.92. The van der Waals surface area contributed by atoms with E-state index in [2.05, 4.69) is 52.3 Å². The fourth-order valence-electron chi connectivity index (χ4n) is 2.28. The van der Waals surface area contributed by atoms with Crippen LogP contribution in [0.25, 0.3) is 0 Å². The standard InChI is InChI=1S/C15H18BrClN2S/c1-10(15-4-3-7-20-15)19(2)14(9-18)12-6-5-11(16)8-13(12)17/h3-8,10,14H,9,18H2,1-2H3. The number of benzene rings is 1. The average molecular weight is 374 g/mol. The second-order valence-electron chi connectivity index (χ2n) is 4.77. The lowest BCUT2D eigenvalue weighted by Gasteiger charge is -2.32. The quantitative estimate of drug-likeness (QED) is 0.811. The van der Waals surface area contributed by atoms with Crippen LogP contribution in [0, 0.1) is 0 Å². The zero-order valence-corrected chi connectivity index (χ0v) is 14.7. The molecule has 0 aliphatic rings. The summed E-state index contributed by atoms with van der Waals surface area (Å²) in [5.74, 6) is 0. The van der Waals surface area contributed by atoms with Gasteiger partial charge in [0.2, 0.25) is 0 Å². The molecule has 2 atom stereocenters. The first-order chi connectivity index (χ1) is 9.54. The molecule has 0 saturated carbocycles. The van der Waals surface area contributed by atoms with Crippen LogP contribution < -0.4 is 5.73 Å². The van der Waals surface area contributed by atoms with E-state index >= 15 is 0 Å². The minimum Gasteiger partial charge on any atom is -0.329 e. The normalized spacial score (nSPS) is 14.5. The first kappa shape index (κ1) is 16.0. The number of thiophene rings is 1. The Balaban J connectivity index is 2.27. The van der Waals surface area contributed by atoms with Crippen molar-refractivity contribution in [2.45, 2.75) is 19.0 Å². The van der Waals surface area contributed by atoms with Gasteiger partial charge < -0.3 is 5.73 Å². The Kier molecular flexibility index (Phi) is 5.64. The van der Waals surface area contributed by atoms with Gasteiger partial charge in [-0.05, 0) is 43.1 Å². The summed E-state index contributed by atoms with van der Waals surface area (Å²) in [5.41, 5.74) is 7.07. The van der Waals surface area contributed by atoms with E-state index in [1.165, 1.54) is 4.88 Å². The van der Waals surface area contributed by atoms with Gasteiger partial charge in [0, 0.05) is 33.0 Å². The van der Waals surface area contributed by atoms with E-state index in [1.807, 2.05) is 18.2 Å². The largest absolute Gasteiger partial charge is 0.329 e. The summed E-state index contributed by atoms with van der Waals surface area (Å²) in [7, 11) is 2.10. The Morgan fingerprint density at radius 2 is 2.15 bits per heavy atom. The first-order valence-corrected chi connectivity index (χ1v) is 8.50. The molecule has 0 spiro atoms. The topological polar surface area (TPSA) is 29.3 Å². The SMILES string of the molecule is CC(c1cccs1)N(C)C(CN)c1ccc(Br)cc1Cl. The third-order valence-electron chi connectivity index (χ3n) is 3.60. The van der Waals surface area contributed by atoms with Gasteiger partial charge in [0.15, 0.2) is 0 Å². The van der Waals surface area contributed by atoms with Crippen LogP contribution in [0.4, 0.5) is 0 Å². The molecular weight excluding hydrogens is 356 g/mol. The van der Waals surface area contributed by atoms with Crippen molar-refractivity contribution in [1.29, 1.82) is 0 Å². The minimum absolute atomic E-state index is 0.104. The number of likely N-dealkylation sites (N-methyl/N-ethyl adjacent to an activating group) is 1. The van der Waals surface area contributed by atoms with Crippen molar-refractivity contribution in [2.24, 2.45) is 5.73 Å². The Bertz CT molecular complexity index is 559. The predicted octanol–water partition coefficient (Wildman–Crippen LogP) is 4.86. The van der Waals surface area contributed by atoms with Gasteiger partial charge in [0.25, 0.3) is 0 Å². The van der Waals surface area contributed by atoms with Crippen molar-refractivity contribution in [2.75, 3.05) is 13.6 Å². The predicted molar refractivity (Wildman–Crippen MR) is 91.4 cm³/mol. The Hall–Kier alpha value is -0.390. The zero-order chi connectivity index (χ0) is 14.7. The summed E-state index contributed by atoms with van der Waals surface area (Å²) in [5, 5.41) is 2.85. The molecule has 0 bridgehead atoms. The maximum atomic E-state index is 6.37. The van der Waals surface area contributed by atoms with Crippen molar-refractivity contribution in [3.8, 4) is 0 Å². The summed E-state index contributed by atoms with van der Waals surface area (Å²) >= 11 is 11.6. The van der Waals surface area contributed by atoms with E-state index < -0.39 is 0 Å². The molecule has 2 nitrogen and oxygen atoms in total. The number of hydrogen-bond acceptors (Lipinski definition) is 3. The van der Waals surface area contributed by atoms with Crippen LogP contribution in [-0.4, -0.2) is 18.5 Å². The highest BCUT2D eigenvalue weighted by molar-refractivity contribution is 9.10. The van der Waals surface area contributed by atoms with Crippen LogP contribution in [0.5, 0.6) is 0 Å². The highest BCUT2D eigenvalue weighted by atomic mass is 79.9. The minimum atomic E-state index is 0.104. The lowest BCUT2D eigenvalue weighted by Crippen LogP contribution is -2.32. The van der Waals surface area contributed by atoms with Crippen molar-refractivity contribution < 1.29 is 0 Å². The summed E-state index contributed by atoms with van der Waals surface area (Å²) < 4.78 is 0.982. The molecule has 0 aliphatic heterocycles. The lowest BCUT2D eigenvalue weighted by atomic mass is 10.0. The highest BCUT2D eigenvalue weighted by Crippen LogP contribution is 2.34. The van der Waals surface area contributed by atoms with Crippen molar-refractivity contribution in [3.05, 3.63) is 55.6 Å². The van der Waals surface area contributed by atoms with Gasteiger partial charge in [-0.1, -0.05) is 39.7 Å². The number of nitrogens with zero attached hydrogens (tertiary/aromatic N) is 1. The van der Waals surface area contributed by atoms with Crippen molar-refractivity contribution in [1.82, 2.24) is 4.90 Å². The molecular formula is C15H18BrClN2S. The van der Waals surface area contributed by atoms with E-state index in [9.17, 15) is 0 Å². The molecule has 1 aromatic heterocycles. The maximum absolute atomic E-state index is 6.37. The smallest absolute Gasteiger partial charge is 0.0488 e. The van der Waals surface area contributed by atoms with Gasteiger partial charge in [-0.15, -0.1) is 11.3 Å². The van der Waals surface area contributed by atoms with Gasteiger partial charge in [-0.3, -0.25) is 4.90 Å². The van der Waals surface area contributed by atoms with Crippen LogP contribution in [0.2, 0.25) is 5.02 Å². The Morgan fingerprint density at radius 3 is 2.70 bits per heavy atom. The van der Waals surface area contributed by atoms with Gasteiger partial charge in [0.05, 0.1) is 0 Å². The molecule has 0 amide bonds. The molecule has 0 fully saturated rings. The average Bonchev–Trinajstić information content (AvgIpc) is 2.94. The molecule has 2 aromatic rings. The molecule has 0 saturated heterocycles. The molecule has 1 heterocycles. The maximum Gasteiger partial charge on any atom is 0.0488 e. The molecule has 5 heteroatoms. The molecule has 1 aromatic carbocycles. The van der Waals surface area contributed by atoms with Crippen LogP contribution >= 0.6 is 38.9 Å². The van der Waals surface area contributed by atoms with Gasteiger partial charge in [0.1, 0.15) is 0 Å². The van der Waals surface area contributed by atoms with Gasteiger partial charge in [-0.25, -0.2) is 0 Å². The number of hydrogen-bond donors (Lipinski definition) is 1. The molecule has 108 valence electrons. The van der Waals surface area contributed by atoms with Crippen molar-refractivity contribution >= 4 is 38.9 Å². The summed E-state index contributed by atoms with van der Waals surface area (Å²) in [4.78, 5) is 3.61. The van der Waals surface area contributed by atoms with E-state index in [4.69, 9.17) is 17.3 Å². The molecule has 0 radical (unpaired) electrons. The highest BCUT2D eigenvalue weighted by Gasteiger charge is 2.23. The van der Waals surface area contributed by atoms with Crippen LogP contribution in [0.3, 0.4) is 0 Å². The zero-order valence-electron chi connectivity index (χ0n) is 11.5. The lowest BCUT2D eigenvalue weighted by molar-refractivity contribution is 0.193. The Morgan fingerprint density at radius 1 is 1.40 bits per heavy atom. The third kappa shape index (κ3) is 3.43. The number of halogens is 2. The first-order valence-electron chi connectivity index (χ1n) is 6.45. The Labute approximate surface area is 137 Å². The van der Waals surface area contributed by atoms with Crippen molar-refractivity contribution in [3.63, 3.8) is 0 Å². The second kappa shape index (κ2) is 7.05. The van der Waals surface area contributed by atoms with Crippen LogP contribution in [-0.2, 0) is 0 Å². The summed E-state index contributed by atoms with van der Waals surface area (Å²) in [6.07, 6.45) is 0. The molecule has 2 rings (SSSR count). The van der Waals surface area contributed by atoms with Crippen LogP contribution in [0.1, 0.15) is 29.4 Å². The van der Waals surface area contributed by atoms with E-state index in [-0.39, 0.29) is 6.04 Å². The van der Waals surface area contributed by atoms with Gasteiger partial charge in [-0.2, -0.15) is 0 Å². The van der Waals surface area contributed by atoms with Gasteiger partial charge >= 0.3 is 0 Å². The number of nitrogens with two attached hydrogens (primary N) is 1. The van der Waals surface area contributed by atoms with Crippen LogP contribution in [0.15, 0.2) is 40.2 Å². The fraction of sp³-hybridized carbons (Fsp3) is 0.333. The summed E-state index contributed by atoms with van der Waals surface area (Å²) in [6, 6.07) is 10.6. The molecule has 20 heavy (non-hydrogen) atoms. The van der Waals surface area contributed by atoms with E-state index in [0.717, 1.165) is 15.1 Å². The molecule has 2 N–H and O–H groups in total. The summed E-state index contributed by atoms with van der Waals surface area (Å²) in [6.45, 7) is 2.73. The van der Waals surface area contributed by atoms with E-state index in [1.54, 1.807) is 11.3 Å². The molecule has 2 unspecified atom stereocenters. The second-order valence-corrected chi connectivity index (χ2v) is 7.08. The van der Waals surface area contributed by atoms with E-state index in [0.29, 0.717) is 12.6 Å². The number of rotatable bonds is 5.